The number of fused-ring (bicyclic) bond motifs is 1. The fourth-order valence-electron chi connectivity index (χ4n) is 4.23. The minimum atomic E-state index is -0.364. The monoisotopic (exact) mass is 543 g/mol. The number of halogens is 2. The second kappa shape index (κ2) is 9.13. The Morgan fingerprint density at radius 2 is 2.00 bits per heavy atom. The summed E-state index contributed by atoms with van der Waals surface area (Å²) in [6, 6.07) is 10.1. The molecule has 1 aromatic heterocycles. The van der Waals surface area contributed by atoms with Crippen molar-refractivity contribution >= 4 is 46.0 Å². The molecule has 3 unspecified atom stereocenters. The van der Waals surface area contributed by atoms with Crippen molar-refractivity contribution in [3.8, 4) is 22.8 Å². The van der Waals surface area contributed by atoms with Gasteiger partial charge in [0, 0.05) is 45.4 Å². The Bertz CT molecular complexity index is 1130. The van der Waals surface area contributed by atoms with Gasteiger partial charge >= 0.3 is 0 Å². The summed E-state index contributed by atoms with van der Waals surface area (Å²) in [6.45, 7) is 2.66. The molecule has 4 rings (SSSR count). The van der Waals surface area contributed by atoms with Crippen LogP contribution in [0.1, 0.15) is 24.8 Å². The zero-order chi connectivity index (χ0) is 20.7. The molecule has 30 heavy (non-hydrogen) atoms. The maximum atomic E-state index is 12.9. The molecule has 0 radical (unpaired) electrons. The van der Waals surface area contributed by atoms with Crippen molar-refractivity contribution in [2.75, 3.05) is 13.2 Å². The van der Waals surface area contributed by atoms with E-state index < -0.39 is 0 Å². The number of hydrogen-bond donors (Lipinski definition) is 4. The highest BCUT2D eigenvalue weighted by molar-refractivity contribution is 14.1. The third-order valence-corrected chi connectivity index (χ3v) is 6.32. The predicted molar refractivity (Wildman–Crippen MR) is 127 cm³/mol. The van der Waals surface area contributed by atoms with Crippen LogP contribution in [0.3, 0.4) is 0 Å². The first-order valence-corrected chi connectivity index (χ1v) is 10.6. The van der Waals surface area contributed by atoms with Crippen LogP contribution >= 0.6 is 35.0 Å². The summed E-state index contributed by atoms with van der Waals surface area (Å²) >= 11 is 2.19. The molecule has 3 atom stereocenters. The van der Waals surface area contributed by atoms with Crippen LogP contribution in [0.2, 0.25) is 0 Å². The van der Waals surface area contributed by atoms with Crippen LogP contribution in [-0.2, 0) is 0 Å². The normalized spacial score (nSPS) is 19.6. The highest BCUT2D eigenvalue weighted by Gasteiger charge is 2.36. The molecule has 4 N–H and O–H groups in total. The van der Waals surface area contributed by atoms with Gasteiger partial charge in [-0.25, -0.2) is 0 Å². The number of rotatable bonds is 4. The number of phenolic OH excluding ortho intramolecular Hbond substituents is 2. The second-order valence-electron chi connectivity index (χ2n) is 7.55. The predicted octanol–water partition coefficient (Wildman–Crippen LogP) is 3.97. The average molecular weight is 544 g/mol. The van der Waals surface area contributed by atoms with E-state index in [1.54, 1.807) is 0 Å². The summed E-state index contributed by atoms with van der Waals surface area (Å²) in [6.07, 6.45) is 0.722. The molecule has 2 aromatic carbocycles. The van der Waals surface area contributed by atoms with E-state index in [9.17, 15) is 20.1 Å². The van der Waals surface area contributed by atoms with E-state index in [4.69, 9.17) is 4.42 Å². The zero-order valence-corrected chi connectivity index (χ0v) is 19.2. The first-order valence-electron chi connectivity index (χ1n) is 9.53. The highest BCUT2D eigenvalue weighted by atomic mass is 127. The Kier molecular flexibility index (Phi) is 6.96. The van der Waals surface area contributed by atoms with E-state index in [2.05, 4.69) is 27.9 Å². The van der Waals surface area contributed by atoms with Gasteiger partial charge in [0.2, 0.25) is 0 Å². The van der Waals surface area contributed by atoms with Gasteiger partial charge in [-0.15, -0.1) is 12.4 Å². The number of hydrogen-bond acceptors (Lipinski definition) is 6. The van der Waals surface area contributed by atoms with Gasteiger partial charge in [0.05, 0.1) is 0 Å². The highest BCUT2D eigenvalue weighted by Crippen LogP contribution is 2.43. The molecular formula is C22H23ClINO5. The fourth-order valence-corrected chi connectivity index (χ4v) is 4.77. The average Bonchev–Trinajstić information content (AvgIpc) is 3.16. The SMILES string of the molecule is CC(CO)C1NCCC1c1c(O)cc(O)c2c(=O)cc(-c3cccc(I)c3)oc12.Cl. The summed E-state index contributed by atoms with van der Waals surface area (Å²) < 4.78 is 7.14. The summed E-state index contributed by atoms with van der Waals surface area (Å²) in [4.78, 5) is 12.9. The van der Waals surface area contributed by atoms with Gasteiger partial charge in [-0.2, -0.15) is 0 Å². The zero-order valence-electron chi connectivity index (χ0n) is 16.3. The van der Waals surface area contributed by atoms with Crippen molar-refractivity contribution in [2.24, 2.45) is 5.92 Å². The van der Waals surface area contributed by atoms with Gasteiger partial charge in [-0.05, 0) is 53.6 Å². The maximum absolute atomic E-state index is 12.9. The van der Waals surface area contributed by atoms with Crippen LogP contribution in [0.5, 0.6) is 11.5 Å². The van der Waals surface area contributed by atoms with Crippen LogP contribution in [0.4, 0.5) is 0 Å². The standard InChI is InChI=1S/C22H22INO5.ClH/c1-11(10-25)21-14(5-6-24-21)19-15(26)8-16(27)20-17(28)9-18(29-22(19)20)12-3-2-4-13(23)7-12;/h2-4,7-9,11,14,21,24-27H,5-6,10H2,1H3;1H. The van der Waals surface area contributed by atoms with E-state index in [1.165, 1.54) is 12.1 Å². The molecule has 2 heterocycles. The van der Waals surface area contributed by atoms with Crippen LogP contribution in [0.25, 0.3) is 22.3 Å². The van der Waals surface area contributed by atoms with E-state index in [0.717, 1.165) is 22.1 Å². The summed E-state index contributed by atoms with van der Waals surface area (Å²) in [5.41, 5.74) is 1.08. The van der Waals surface area contributed by atoms with Gasteiger partial charge in [-0.1, -0.05) is 19.1 Å². The number of aliphatic hydroxyl groups is 1. The number of aromatic hydroxyl groups is 2. The number of nitrogens with one attached hydrogen (secondary N) is 1. The molecule has 8 heteroatoms. The minimum Gasteiger partial charge on any atom is -0.507 e. The molecule has 0 spiro atoms. The topological polar surface area (TPSA) is 103 Å². The van der Waals surface area contributed by atoms with Gasteiger partial charge < -0.3 is 25.1 Å². The van der Waals surface area contributed by atoms with Crippen LogP contribution in [-0.4, -0.2) is 34.5 Å². The molecule has 1 aliphatic heterocycles. The Balaban J connectivity index is 0.00000256. The van der Waals surface area contributed by atoms with Crippen molar-refractivity contribution in [1.82, 2.24) is 5.32 Å². The van der Waals surface area contributed by atoms with Crippen molar-refractivity contribution in [3.63, 3.8) is 0 Å². The first kappa shape index (κ1) is 22.9. The minimum absolute atomic E-state index is 0. The van der Waals surface area contributed by atoms with Crippen molar-refractivity contribution in [1.29, 1.82) is 0 Å². The summed E-state index contributed by atoms with van der Waals surface area (Å²) in [5, 5.41) is 34.1. The molecule has 0 bridgehead atoms. The van der Waals surface area contributed by atoms with E-state index in [1.807, 2.05) is 31.2 Å². The molecule has 1 saturated heterocycles. The van der Waals surface area contributed by atoms with Gasteiger partial charge in [0.25, 0.3) is 0 Å². The number of benzene rings is 2. The molecule has 160 valence electrons. The fraction of sp³-hybridized carbons (Fsp3) is 0.318. The quantitative estimate of drug-likeness (QED) is 0.372. The Labute approximate surface area is 193 Å². The smallest absolute Gasteiger partial charge is 0.197 e. The van der Waals surface area contributed by atoms with Crippen molar-refractivity contribution < 1.29 is 19.7 Å². The Hall–Kier alpha value is -1.81. The van der Waals surface area contributed by atoms with Crippen LogP contribution in [0.15, 0.2) is 45.6 Å². The largest absolute Gasteiger partial charge is 0.507 e. The maximum Gasteiger partial charge on any atom is 0.197 e. The lowest BCUT2D eigenvalue weighted by atomic mass is 9.84. The van der Waals surface area contributed by atoms with Crippen molar-refractivity contribution in [2.45, 2.75) is 25.3 Å². The Morgan fingerprint density at radius 3 is 2.70 bits per heavy atom. The molecule has 0 saturated carbocycles. The molecular weight excluding hydrogens is 521 g/mol. The van der Waals surface area contributed by atoms with Gasteiger partial charge in [0.15, 0.2) is 5.43 Å². The molecule has 3 aromatic rings. The van der Waals surface area contributed by atoms with E-state index in [-0.39, 0.29) is 64.8 Å². The van der Waals surface area contributed by atoms with E-state index in [0.29, 0.717) is 11.3 Å². The molecule has 1 aliphatic rings. The molecule has 0 aliphatic carbocycles. The molecule has 6 nitrogen and oxygen atoms in total. The molecule has 0 amide bonds. The lowest BCUT2D eigenvalue weighted by Gasteiger charge is -2.26. The lowest BCUT2D eigenvalue weighted by Crippen LogP contribution is -2.34. The van der Waals surface area contributed by atoms with Gasteiger partial charge in [0.1, 0.15) is 28.2 Å². The first-order chi connectivity index (χ1) is 13.9. The third kappa shape index (κ3) is 4.03. The lowest BCUT2D eigenvalue weighted by molar-refractivity contribution is 0.202. The van der Waals surface area contributed by atoms with E-state index >= 15 is 0 Å². The summed E-state index contributed by atoms with van der Waals surface area (Å²) in [7, 11) is 0. The number of aliphatic hydroxyl groups excluding tert-OH is 1. The summed E-state index contributed by atoms with van der Waals surface area (Å²) in [5.74, 6) is -0.236. The number of phenols is 2. The second-order valence-corrected chi connectivity index (χ2v) is 8.80. The van der Waals surface area contributed by atoms with Crippen molar-refractivity contribution in [3.05, 3.63) is 55.8 Å². The Morgan fingerprint density at radius 1 is 1.23 bits per heavy atom. The molecule has 1 fully saturated rings. The van der Waals surface area contributed by atoms with Gasteiger partial charge in [-0.3, -0.25) is 4.79 Å². The van der Waals surface area contributed by atoms with Crippen LogP contribution in [0, 0.1) is 9.49 Å². The third-order valence-electron chi connectivity index (χ3n) is 5.65. The van der Waals surface area contributed by atoms with Crippen LogP contribution < -0.4 is 10.7 Å².